The molecule has 240 valence electrons. The molecule has 0 saturated heterocycles. The third-order valence-corrected chi connectivity index (χ3v) is 9.98. The number of para-hydroxylation sites is 4. The predicted octanol–water partition coefficient (Wildman–Crippen LogP) is 13.5. The smallest absolute Gasteiger partial charge is 0.137 e. The third-order valence-electron chi connectivity index (χ3n) is 9.98. The summed E-state index contributed by atoms with van der Waals surface area (Å²) >= 11 is 0. The summed E-state index contributed by atoms with van der Waals surface area (Å²) in [4.78, 5) is 2.39. The second kappa shape index (κ2) is 11.9. The van der Waals surface area contributed by atoms with E-state index in [4.69, 9.17) is 4.42 Å². The Hall–Kier alpha value is -6.84. The van der Waals surface area contributed by atoms with Crippen molar-refractivity contribution >= 4 is 60.8 Å². The van der Waals surface area contributed by atoms with Gasteiger partial charge in [-0.05, 0) is 89.5 Å². The van der Waals surface area contributed by atoms with E-state index in [2.05, 4.69) is 198 Å². The molecule has 51 heavy (non-hydrogen) atoms. The van der Waals surface area contributed by atoms with Crippen LogP contribution in [0.15, 0.2) is 199 Å². The first-order valence-electron chi connectivity index (χ1n) is 17.4. The van der Waals surface area contributed by atoms with Crippen LogP contribution < -0.4 is 4.90 Å². The topological polar surface area (TPSA) is 21.3 Å². The van der Waals surface area contributed by atoms with E-state index in [1.807, 2.05) is 6.07 Å². The molecule has 2 aromatic heterocycles. The van der Waals surface area contributed by atoms with Crippen LogP contribution >= 0.6 is 0 Å². The predicted molar refractivity (Wildman–Crippen MR) is 214 cm³/mol. The van der Waals surface area contributed by atoms with Gasteiger partial charge in [0.15, 0.2) is 0 Å². The van der Waals surface area contributed by atoms with E-state index in [1.54, 1.807) is 0 Å². The average molecular weight is 653 g/mol. The van der Waals surface area contributed by atoms with Crippen molar-refractivity contribution < 1.29 is 4.42 Å². The van der Waals surface area contributed by atoms with Crippen molar-refractivity contribution in [3.63, 3.8) is 0 Å². The van der Waals surface area contributed by atoms with Crippen LogP contribution in [0.1, 0.15) is 0 Å². The molecule has 2 heterocycles. The number of aromatic nitrogens is 1. The first-order chi connectivity index (χ1) is 25.3. The molecule has 3 nitrogen and oxygen atoms in total. The van der Waals surface area contributed by atoms with Crippen LogP contribution in [-0.4, -0.2) is 4.57 Å². The highest BCUT2D eigenvalue weighted by atomic mass is 16.3. The summed E-state index contributed by atoms with van der Waals surface area (Å²) < 4.78 is 8.90. The fourth-order valence-corrected chi connectivity index (χ4v) is 7.68. The van der Waals surface area contributed by atoms with E-state index in [0.717, 1.165) is 55.8 Å². The molecule has 0 atom stereocenters. The number of anilines is 3. The van der Waals surface area contributed by atoms with E-state index in [-0.39, 0.29) is 0 Å². The molecule has 0 aliphatic carbocycles. The molecule has 10 aromatic rings. The largest absolute Gasteiger partial charge is 0.456 e. The van der Waals surface area contributed by atoms with Crippen LogP contribution in [0.3, 0.4) is 0 Å². The van der Waals surface area contributed by atoms with Crippen molar-refractivity contribution in [3.05, 3.63) is 194 Å². The number of hydrogen-bond donors (Lipinski definition) is 0. The van der Waals surface area contributed by atoms with Crippen molar-refractivity contribution in [3.8, 4) is 27.9 Å². The van der Waals surface area contributed by atoms with Gasteiger partial charge in [0.1, 0.15) is 11.2 Å². The van der Waals surface area contributed by atoms with Gasteiger partial charge in [-0.3, -0.25) is 0 Å². The molecular formula is C48H32N2O. The molecule has 0 aliphatic rings. The minimum absolute atomic E-state index is 0.860. The summed E-state index contributed by atoms with van der Waals surface area (Å²) in [5.41, 5.74) is 13.1. The van der Waals surface area contributed by atoms with E-state index in [1.165, 1.54) is 32.9 Å². The summed E-state index contributed by atoms with van der Waals surface area (Å²) in [6, 6.07) is 69.1. The maximum atomic E-state index is 6.53. The number of rotatable bonds is 6. The van der Waals surface area contributed by atoms with E-state index in [0.29, 0.717) is 0 Å². The zero-order chi connectivity index (χ0) is 33.7. The second-order valence-corrected chi connectivity index (χ2v) is 12.9. The number of furan rings is 1. The summed E-state index contributed by atoms with van der Waals surface area (Å²) in [6.07, 6.45) is 0. The van der Waals surface area contributed by atoms with Gasteiger partial charge in [-0.2, -0.15) is 0 Å². The van der Waals surface area contributed by atoms with Gasteiger partial charge < -0.3 is 13.9 Å². The zero-order valence-corrected chi connectivity index (χ0v) is 27.8. The molecule has 0 spiro atoms. The number of nitrogens with zero attached hydrogens (tertiary/aromatic N) is 2. The van der Waals surface area contributed by atoms with E-state index >= 15 is 0 Å². The molecule has 0 N–H and O–H groups in total. The molecule has 3 heteroatoms. The maximum Gasteiger partial charge on any atom is 0.137 e. The molecule has 0 saturated carbocycles. The van der Waals surface area contributed by atoms with Crippen molar-refractivity contribution in [2.24, 2.45) is 0 Å². The molecule has 0 aliphatic heterocycles. The van der Waals surface area contributed by atoms with Gasteiger partial charge in [0, 0.05) is 38.8 Å². The Labute approximate surface area is 295 Å². The van der Waals surface area contributed by atoms with Crippen LogP contribution in [0, 0.1) is 0 Å². The van der Waals surface area contributed by atoms with E-state index in [9.17, 15) is 0 Å². The molecule has 10 rings (SSSR count). The number of hydrogen-bond acceptors (Lipinski definition) is 2. The number of benzene rings is 8. The quantitative estimate of drug-likeness (QED) is 0.178. The lowest BCUT2D eigenvalue weighted by Gasteiger charge is -2.29. The lowest BCUT2D eigenvalue weighted by molar-refractivity contribution is 0.669. The standard InChI is InChI=1S/C48H32N2O/c1-4-14-33(15-5-1)34-24-27-38(28-25-34)49(36-16-6-2-7-17-36)48-39(29-31-46-47(48)41-21-11-13-23-45(41)51-46)35-26-30-44-42(32-35)40-20-10-12-22-43(40)50(44)37-18-8-3-9-19-37/h1-32H. The second-order valence-electron chi connectivity index (χ2n) is 12.9. The highest BCUT2D eigenvalue weighted by Crippen LogP contribution is 2.49. The van der Waals surface area contributed by atoms with Crippen molar-refractivity contribution in [2.75, 3.05) is 4.90 Å². The lowest BCUT2D eigenvalue weighted by Crippen LogP contribution is -2.11. The first kappa shape index (κ1) is 29.1. The summed E-state index contributed by atoms with van der Waals surface area (Å²) in [6.45, 7) is 0. The Morgan fingerprint density at radius 3 is 1.76 bits per heavy atom. The summed E-state index contributed by atoms with van der Waals surface area (Å²) in [7, 11) is 0. The summed E-state index contributed by atoms with van der Waals surface area (Å²) in [5, 5.41) is 4.62. The van der Waals surface area contributed by atoms with Gasteiger partial charge in [-0.15, -0.1) is 0 Å². The number of fused-ring (bicyclic) bond motifs is 6. The molecule has 0 bridgehead atoms. The first-order valence-corrected chi connectivity index (χ1v) is 17.4. The van der Waals surface area contributed by atoms with Gasteiger partial charge >= 0.3 is 0 Å². The molecular weight excluding hydrogens is 621 g/mol. The minimum atomic E-state index is 0.860. The van der Waals surface area contributed by atoms with Gasteiger partial charge in [0.05, 0.1) is 22.1 Å². The van der Waals surface area contributed by atoms with Gasteiger partial charge in [-0.25, -0.2) is 0 Å². The Bertz CT molecular complexity index is 2830. The fourth-order valence-electron chi connectivity index (χ4n) is 7.68. The molecule has 0 radical (unpaired) electrons. The van der Waals surface area contributed by atoms with Crippen molar-refractivity contribution in [1.82, 2.24) is 4.57 Å². The van der Waals surface area contributed by atoms with Crippen molar-refractivity contribution in [1.29, 1.82) is 0 Å². The van der Waals surface area contributed by atoms with Crippen LogP contribution in [0.4, 0.5) is 17.1 Å². The third kappa shape index (κ3) is 4.82. The highest BCUT2D eigenvalue weighted by molar-refractivity contribution is 6.18. The average Bonchev–Trinajstić information content (AvgIpc) is 3.75. The molecule has 0 unspecified atom stereocenters. The highest BCUT2D eigenvalue weighted by Gasteiger charge is 2.24. The molecule has 0 fully saturated rings. The Balaban J connectivity index is 1.26. The molecule has 0 amide bonds. The fraction of sp³-hybridized carbons (Fsp3) is 0. The SMILES string of the molecule is c1ccc(-c2ccc(N(c3ccccc3)c3c(-c4ccc5c(c4)c4ccccc4n5-c4ccccc4)ccc4oc5ccccc5c34)cc2)cc1. The van der Waals surface area contributed by atoms with Gasteiger partial charge in [-0.1, -0.05) is 121 Å². The summed E-state index contributed by atoms with van der Waals surface area (Å²) in [5.74, 6) is 0. The van der Waals surface area contributed by atoms with Crippen LogP contribution in [-0.2, 0) is 0 Å². The maximum absolute atomic E-state index is 6.53. The van der Waals surface area contributed by atoms with Crippen molar-refractivity contribution in [2.45, 2.75) is 0 Å². The Morgan fingerprint density at radius 2 is 0.980 bits per heavy atom. The lowest BCUT2D eigenvalue weighted by atomic mass is 9.96. The van der Waals surface area contributed by atoms with Crippen LogP contribution in [0.25, 0.3) is 71.7 Å². The zero-order valence-electron chi connectivity index (χ0n) is 27.8. The minimum Gasteiger partial charge on any atom is -0.456 e. The van der Waals surface area contributed by atoms with E-state index < -0.39 is 0 Å². The van der Waals surface area contributed by atoms with Gasteiger partial charge in [0.2, 0.25) is 0 Å². The Kier molecular flexibility index (Phi) is 6.81. The monoisotopic (exact) mass is 652 g/mol. The molecule has 8 aromatic carbocycles. The normalized spacial score (nSPS) is 11.5. The Morgan fingerprint density at radius 1 is 0.392 bits per heavy atom. The van der Waals surface area contributed by atoms with Gasteiger partial charge in [0.25, 0.3) is 0 Å². The van der Waals surface area contributed by atoms with Crippen LogP contribution in [0.5, 0.6) is 0 Å². The van der Waals surface area contributed by atoms with Crippen LogP contribution in [0.2, 0.25) is 0 Å².